The number of halogens is 1. The molecule has 1 heterocycles. The zero-order valence-electron chi connectivity index (χ0n) is 13.9. The minimum Gasteiger partial charge on any atom is -0.469 e. The highest BCUT2D eigenvalue weighted by Crippen LogP contribution is 2.53. The molecular formula is C20H22FNO2. The first kappa shape index (κ1) is 15.6. The van der Waals surface area contributed by atoms with Crippen LogP contribution in [0.4, 0.5) is 4.39 Å². The summed E-state index contributed by atoms with van der Waals surface area (Å²) in [6.07, 6.45) is 6.90. The SMILES string of the molecule is COC(=O)C[C@@H]1C[C@@H]2C[C@H](c3ccnc4ccc(F)cc34)C[C@@H]2C1. The number of aromatic nitrogens is 1. The van der Waals surface area contributed by atoms with E-state index >= 15 is 0 Å². The fourth-order valence-electron chi connectivity index (χ4n) is 4.98. The fourth-order valence-corrected chi connectivity index (χ4v) is 4.98. The second kappa shape index (κ2) is 6.15. The number of hydrogen-bond donors (Lipinski definition) is 0. The smallest absolute Gasteiger partial charge is 0.305 e. The van der Waals surface area contributed by atoms with Crippen LogP contribution in [-0.4, -0.2) is 18.1 Å². The average molecular weight is 327 g/mol. The van der Waals surface area contributed by atoms with Gasteiger partial charge in [-0.1, -0.05) is 0 Å². The van der Waals surface area contributed by atoms with Gasteiger partial charge in [0, 0.05) is 18.0 Å². The number of carbonyl (C=O) groups excluding carboxylic acids is 1. The van der Waals surface area contributed by atoms with Gasteiger partial charge < -0.3 is 4.74 Å². The van der Waals surface area contributed by atoms with Crippen LogP contribution in [0.15, 0.2) is 30.5 Å². The number of rotatable bonds is 3. The molecule has 0 N–H and O–H groups in total. The summed E-state index contributed by atoms with van der Waals surface area (Å²) < 4.78 is 18.5. The van der Waals surface area contributed by atoms with E-state index in [0.29, 0.717) is 30.1 Å². The van der Waals surface area contributed by atoms with Crippen LogP contribution in [0.25, 0.3) is 10.9 Å². The van der Waals surface area contributed by atoms with E-state index in [1.165, 1.54) is 18.7 Å². The van der Waals surface area contributed by atoms with Crippen molar-refractivity contribution in [2.75, 3.05) is 7.11 Å². The van der Waals surface area contributed by atoms with Gasteiger partial charge in [0.15, 0.2) is 0 Å². The molecule has 0 amide bonds. The van der Waals surface area contributed by atoms with Gasteiger partial charge in [-0.05, 0) is 79.2 Å². The Labute approximate surface area is 141 Å². The van der Waals surface area contributed by atoms with E-state index in [0.717, 1.165) is 36.6 Å². The molecule has 2 aliphatic rings. The molecule has 2 aromatic rings. The summed E-state index contributed by atoms with van der Waals surface area (Å²) in [5.74, 6) is 2.02. The summed E-state index contributed by atoms with van der Waals surface area (Å²) in [4.78, 5) is 15.8. The lowest BCUT2D eigenvalue weighted by molar-refractivity contribution is -0.141. The van der Waals surface area contributed by atoms with Crippen molar-refractivity contribution in [1.29, 1.82) is 0 Å². The van der Waals surface area contributed by atoms with Gasteiger partial charge in [0.2, 0.25) is 0 Å². The van der Waals surface area contributed by atoms with E-state index in [9.17, 15) is 9.18 Å². The van der Waals surface area contributed by atoms with Crippen LogP contribution in [0.1, 0.15) is 43.6 Å². The lowest BCUT2D eigenvalue weighted by Crippen LogP contribution is -2.08. The van der Waals surface area contributed by atoms with Gasteiger partial charge in [0.1, 0.15) is 5.82 Å². The molecule has 3 nitrogen and oxygen atoms in total. The van der Waals surface area contributed by atoms with Crippen molar-refractivity contribution in [1.82, 2.24) is 4.98 Å². The average Bonchev–Trinajstić information content (AvgIpc) is 3.12. The number of esters is 1. The Kier molecular flexibility index (Phi) is 3.99. The van der Waals surface area contributed by atoms with Crippen molar-refractivity contribution >= 4 is 16.9 Å². The molecular weight excluding hydrogens is 305 g/mol. The maximum absolute atomic E-state index is 13.7. The number of methoxy groups -OCH3 is 1. The molecule has 0 aliphatic heterocycles. The van der Waals surface area contributed by atoms with Crippen molar-refractivity contribution < 1.29 is 13.9 Å². The van der Waals surface area contributed by atoms with Crippen LogP contribution in [0.5, 0.6) is 0 Å². The molecule has 126 valence electrons. The monoisotopic (exact) mass is 327 g/mol. The standard InChI is InChI=1S/C20H22FNO2/c1-24-20(23)8-12-6-13-9-15(10-14(13)7-12)17-4-5-22-19-3-2-16(21)11-18(17)19/h2-5,11-15H,6-10H2,1H3/t12-,13-,14+,15+. The largest absolute Gasteiger partial charge is 0.469 e. The normalized spacial score (nSPS) is 28.9. The second-order valence-corrected chi connectivity index (χ2v) is 7.37. The summed E-state index contributed by atoms with van der Waals surface area (Å²) in [7, 11) is 1.46. The first-order valence-corrected chi connectivity index (χ1v) is 8.75. The molecule has 2 saturated carbocycles. The Hall–Kier alpha value is -1.97. The van der Waals surface area contributed by atoms with Crippen molar-refractivity contribution in [3.63, 3.8) is 0 Å². The summed E-state index contributed by atoms with van der Waals surface area (Å²) in [6.45, 7) is 0. The number of nitrogens with zero attached hydrogens (tertiary/aromatic N) is 1. The Morgan fingerprint density at radius 1 is 1.21 bits per heavy atom. The molecule has 2 aliphatic carbocycles. The lowest BCUT2D eigenvalue weighted by Gasteiger charge is -2.16. The van der Waals surface area contributed by atoms with Crippen molar-refractivity contribution in [3.05, 3.63) is 41.8 Å². The van der Waals surface area contributed by atoms with Gasteiger partial charge in [-0.2, -0.15) is 0 Å². The van der Waals surface area contributed by atoms with E-state index < -0.39 is 0 Å². The molecule has 4 heteroatoms. The number of ether oxygens (including phenoxy) is 1. The maximum Gasteiger partial charge on any atom is 0.305 e. The van der Waals surface area contributed by atoms with Gasteiger partial charge in [-0.25, -0.2) is 4.39 Å². The number of pyridine rings is 1. The summed E-state index contributed by atoms with van der Waals surface area (Å²) in [5.41, 5.74) is 2.10. The van der Waals surface area contributed by atoms with Gasteiger partial charge in [0.25, 0.3) is 0 Å². The third-order valence-corrected chi connectivity index (χ3v) is 5.97. The Morgan fingerprint density at radius 2 is 1.96 bits per heavy atom. The van der Waals surface area contributed by atoms with E-state index in [-0.39, 0.29) is 11.8 Å². The van der Waals surface area contributed by atoms with E-state index in [2.05, 4.69) is 11.1 Å². The van der Waals surface area contributed by atoms with Gasteiger partial charge >= 0.3 is 5.97 Å². The molecule has 24 heavy (non-hydrogen) atoms. The highest BCUT2D eigenvalue weighted by atomic mass is 19.1. The van der Waals surface area contributed by atoms with Crippen molar-refractivity contribution in [2.45, 2.75) is 38.0 Å². The molecule has 0 radical (unpaired) electrons. The van der Waals surface area contributed by atoms with Crippen LogP contribution < -0.4 is 0 Å². The minimum atomic E-state index is -0.201. The van der Waals surface area contributed by atoms with E-state index in [4.69, 9.17) is 4.74 Å². The van der Waals surface area contributed by atoms with Gasteiger partial charge in [-0.15, -0.1) is 0 Å². The molecule has 0 unspecified atom stereocenters. The molecule has 2 fully saturated rings. The predicted octanol–water partition coefficient (Wildman–Crippen LogP) is 4.46. The van der Waals surface area contributed by atoms with Crippen LogP contribution in [0.3, 0.4) is 0 Å². The molecule has 4 rings (SSSR count). The molecule has 0 spiro atoms. The molecule has 1 aromatic heterocycles. The molecule has 0 bridgehead atoms. The zero-order chi connectivity index (χ0) is 16.7. The predicted molar refractivity (Wildman–Crippen MR) is 90.0 cm³/mol. The minimum absolute atomic E-state index is 0.0906. The Bertz CT molecular complexity index is 761. The highest BCUT2D eigenvalue weighted by molar-refractivity contribution is 5.82. The van der Waals surface area contributed by atoms with Crippen molar-refractivity contribution in [2.24, 2.45) is 17.8 Å². The molecule has 1 aromatic carbocycles. The number of fused-ring (bicyclic) bond motifs is 2. The highest BCUT2D eigenvalue weighted by Gasteiger charge is 2.42. The van der Waals surface area contributed by atoms with Crippen LogP contribution in [0, 0.1) is 23.6 Å². The van der Waals surface area contributed by atoms with E-state index in [1.807, 2.05) is 6.20 Å². The topological polar surface area (TPSA) is 39.2 Å². The quantitative estimate of drug-likeness (QED) is 0.782. The number of hydrogen-bond acceptors (Lipinski definition) is 3. The van der Waals surface area contributed by atoms with Gasteiger partial charge in [-0.3, -0.25) is 9.78 Å². The van der Waals surface area contributed by atoms with Gasteiger partial charge in [0.05, 0.1) is 12.6 Å². The first-order chi connectivity index (χ1) is 11.6. The van der Waals surface area contributed by atoms with E-state index in [1.54, 1.807) is 12.1 Å². The van der Waals surface area contributed by atoms with Crippen LogP contribution >= 0.6 is 0 Å². The number of carbonyl (C=O) groups is 1. The summed E-state index contributed by atoms with van der Waals surface area (Å²) in [5, 5.41) is 0.952. The summed E-state index contributed by atoms with van der Waals surface area (Å²) in [6, 6.07) is 6.90. The van der Waals surface area contributed by atoms with Crippen LogP contribution in [-0.2, 0) is 9.53 Å². The first-order valence-electron chi connectivity index (χ1n) is 8.75. The zero-order valence-corrected chi connectivity index (χ0v) is 13.9. The second-order valence-electron chi connectivity index (χ2n) is 7.37. The number of benzene rings is 1. The maximum atomic E-state index is 13.7. The Balaban J connectivity index is 1.52. The van der Waals surface area contributed by atoms with Crippen molar-refractivity contribution in [3.8, 4) is 0 Å². The third-order valence-electron chi connectivity index (χ3n) is 5.97. The fraction of sp³-hybridized carbons (Fsp3) is 0.500. The lowest BCUT2D eigenvalue weighted by atomic mass is 9.90. The molecule has 0 saturated heterocycles. The Morgan fingerprint density at radius 3 is 2.67 bits per heavy atom. The molecule has 4 atom stereocenters. The summed E-state index contributed by atoms with van der Waals surface area (Å²) >= 11 is 0. The van der Waals surface area contributed by atoms with Crippen LogP contribution in [0.2, 0.25) is 0 Å². The third kappa shape index (κ3) is 2.79.